The van der Waals surface area contributed by atoms with Gasteiger partial charge in [0, 0.05) is 30.7 Å². The van der Waals surface area contributed by atoms with E-state index in [9.17, 15) is 9.90 Å². The van der Waals surface area contributed by atoms with E-state index >= 15 is 0 Å². The van der Waals surface area contributed by atoms with Crippen LogP contribution in [0.4, 0.5) is 5.69 Å². The van der Waals surface area contributed by atoms with Crippen molar-refractivity contribution in [3.8, 4) is 11.5 Å². The lowest BCUT2D eigenvalue weighted by Gasteiger charge is -2.42. The first-order chi connectivity index (χ1) is 13.9. The second-order valence-electron chi connectivity index (χ2n) is 7.67. The molecule has 1 saturated heterocycles. The number of hydrogen-bond acceptors (Lipinski definition) is 5. The number of halogens is 1. The van der Waals surface area contributed by atoms with Gasteiger partial charge in [-0.15, -0.1) is 0 Å². The lowest BCUT2D eigenvalue weighted by atomic mass is 9.78. The molecule has 29 heavy (non-hydrogen) atoms. The fourth-order valence-corrected chi connectivity index (χ4v) is 4.02. The number of ether oxygens (including phenoxy) is 1. The summed E-state index contributed by atoms with van der Waals surface area (Å²) in [7, 11) is 0. The largest absolute Gasteiger partial charge is 0.481 e. The Hall–Kier alpha value is -2.57. The van der Waals surface area contributed by atoms with Crippen LogP contribution in [0.5, 0.6) is 11.5 Å². The van der Waals surface area contributed by atoms with Gasteiger partial charge in [-0.2, -0.15) is 0 Å². The van der Waals surface area contributed by atoms with Gasteiger partial charge in [-0.05, 0) is 43.7 Å². The van der Waals surface area contributed by atoms with E-state index in [-0.39, 0.29) is 6.04 Å². The summed E-state index contributed by atoms with van der Waals surface area (Å²) in [5, 5.41) is 13.8. The molecular formula is C22H24ClN3O3. The van der Waals surface area contributed by atoms with E-state index in [2.05, 4.69) is 10.2 Å². The molecule has 2 atom stereocenters. The van der Waals surface area contributed by atoms with Crippen LogP contribution in [0, 0.1) is 5.41 Å². The molecule has 0 saturated carbocycles. The Morgan fingerprint density at radius 3 is 2.90 bits per heavy atom. The maximum Gasteiger partial charge on any atom is 0.310 e. The van der Waals surface area contributed by atoms with E-state index in [1.165, 1.54) is 0 Å². The average Bonchev–Trinajstić information content (AvgIpc) is 2.89. The molecule has 7 heteroatoms. The van der Waals surface area contributed by atoms with Crippen molar-refractivity contribution in [3.63, 3.8) is 0 Å². The Labute approximate surface area is 175 Å². The van der Waals surface area contributed by atoms with E-state index in [1.807, 2.05) is 37.3 Å². The molecule has 0 unspecified atom stereocenters. The van der Waals surface area contributed by atoms with Gasteiger partial charge in [0.15, 0.2) is 5.75 Å². The number of aliphatic imine (C=N–C) groups is 1. The van der Waals surface area contributed by atoms with Crippen LogP contribution >= 0.6 is 11.6 Å². The Morgan fingerprint density at radius 1 is 1.34 bits per heavy atom. The van der Waals surface area contributed by atoms with Crippen LogP contribution in [0.25, 0.3) is 0 Å². The Morgan fingerprint density at radius 2 is 2.14 bits per heavy atom. The number of carboxylic acid groups (broad SMARTS) is 1. The third kappa shape index (κ3) is 3.58. The molecule has 152 valence electrons. The van der Waals surface area contributed by atoms with E-state index < -0.39 is 11.4 Å². The number of amidine groups is 1. The van der Waals surface area contributed by atoms with Crippen molar-refractivity contribution in [2.24, 2.45) is 10.4 Å². The van der Waals surface area contributed by atoms with Crippen LogP contribution < -0.4 is 10.1 Å². The molecule has 6 nitrogen and oxygen atoms in total. The molecule has 2 aliphatic heterocycles. The summed E-state index contributed by atoms with van der Waals surface area (Å²) in [6.45, 7) is 5.66. The first-order valence-electron chi connectivity index (χ1n) is 9.79. The monoisotopic (exact) mass is 413 g/mol. The molecule has 2 N–H and O–H groups in total. The van der Waals surface area contributed by atoms with E-state index in [1.54, 1.807) is 19.1 Å². The van der Waals surface area contributed by atoms with Crippen LogP contribution in [0.2, 0.25) is 5.02 Å². The number of rotatable bonds is 3. The first kappa shape index (κ1) is 19.7. The molecule has 1 fully saturated rings. The van der Waals surface area contributed by atoms with Crippen molar-refractivity contribution in [1.29, 1.82) is 0 Å². The van der Waals surface area contributed by atoms with Crippen molar-refractivity contribution in [3.05, 3.63) is 53.1 Å². The van der Waals surface area contributed by atoms with Crippen LogP contribution in [-0.4, -0.2) is 47.5 Å². The molecule has 2 heterocycles. The number of fused-ring (bicyclic) bond motifs is 2. The number of benzene rings is 2. The van der Waals surface area contributed by atoms with Crippen LogP contribution in [0.3, 0.4) is 0 Å². The Balaban J connectivity index is 1.77. The summed E-state index contributed by atoms with van der Waals surface area (Å²) in [6.07, 6.45) is 0.540. The van der Waals surface area contributed by atoms with Gasteiger partial charge in [0.25, 0.3) is 0 Å². The maximum absolute atomic E-state index is 12.0. The molecule has 0 spiro atoms. The molecule has 2 aromatic carbocycles. The molecule has 0 aliphatic carbocycles. The summed E-state index contributed by atoms with van der Waals surface area (Å²) in [5.41, 5.74) is 0.686. The van der Waals surface area contributed by atoms with Crippen molar-refractivity contribution >= 4 is 29.1 Å². The summed E-state index contributed by atoms with van der Waals surface area (Å²) in [4.78, 5) is 19.0. The molecule has 0 aromatic heterocycles. The van der Waals surface area contributed by atoms with Crippen molar-refractivity contribution in [2.45, 2.75) is 26.3 Å². The van der Waals surface area contributed by atoms with Crippen molar-refractivity contribution < 1.29 is 14.6 Å². The summed E-state index contributed by atoms with van der Waals surface area (Å²) in [5.74, 6) is 1.35. The van der Waals surface area contributed by atoms with Gasteiger partial charge in [-0.3, -0.25) is 4.79 Å². The second-order valence-corrected chi connectivity index (χ2v) is 8.11. The normalized spacial score (nSPS) is 20.4. The third-order valence-electron chi connectivity index (χ3n) is 5.96. The number of piperazine rings is 1. The summed E-state index contributed by atoms with van der Waals surface area (Å²) in [6, 6.07) is 13.0. The van der Waals surface area contributed by atoms with Gasteiger partial charge in [0.2, 0.25) is 0 Å². The number of carboxylic acids is 1. The zero-order valence-electron chi connectivity index (χ0n) is 16.5. The van der Waals surface area contributed by atoms with Gasteiger partial charge in [-0.25, -0.2) is 4.99 Å². The summed E-state index contributed by atoms with van der Waals surface area (Å²) < 4.78 is 6.12. The van der Waals surface area contributed by atoms with Crippen LogP contribution in [0.15, 0.2) is 47.5 Å². The van der Waals surface area contributed by atoms with Crippen LogP contribution in [0.1, 0.15) is 25.8 Å². The molecule has 0 radical (unpaired) electrons. The molecule has 4 rings (SSSR count). The quantitative estimate of drug-likeness (QED) is 0.784. The fourth-order valence-electron chi connectivity index (χ4n) is 3.85. The standard InChI is InChI=1S/C22H24ClN3O3/c1-3-22(2,21(27)28)19-13-26(11-10-24-19)20-15-6-4-5-7-17(15)29-18-9-8-14(23)12-16(18)25-20/h4-9,12,19,24H,3,10-11,13H2,1-2H3,(H,27,28)/t19-,22-/m0/s1. The number of aliphatic carboxylic acids is 1. The van der Waals surface area contributed by atoms with Gasteiger partial charge in [-0.1, -0.05) is 30.7 Å². The molecular weight excluding hydrogens is 390 g/mol. The number of nitrogens with one attached hydrogen (secondary N) is 1. The zero-order chi connectivity index (χ0) is 20.6. The van der Waals surface area contributed by atoms with Gasteiger partial charge in [0.05, 0.1) is 11.0 Å². The van der Waals surface area contributed by atoms with E-state index in [0.29, 0.717) is 36.0 Å². The highest BCUT2D eigenvalue weighted by atomic mass is 35.5. The highest BCUT2D eigenvalue weighted by molar-refractivity contribution is 6.31. The topological polar surface area (TPSA) is 74.2 Å². The zero-order valence-corrected chi connectivity index (χ0v) is 17.2. The van der Waals surface area contributed by atoms with Gasteiger partial charge >= 0.3 is 5.97 Å². The number of para-hydroxylation sites is 1. The van der Waals surface area contributed by atoms with E-state index in [0.717, 1.165) is 23.7 Å². The second kappa shape index (κ2) is 7.69. The molecule has 0 bridgehead atoms. The molecule has 2 aromatic rings. The van der Waals surface area contributed by atoms with Crippen LogP contribution in [-0.2, 0) is 4.79 Å². The smallest absolute Gasteiger partial charge is 0.310 e. The highest BCUT2D eigenvalue weighted by Gasteiger charge is 2.42. The van der Waals surface area contributed by atoms with Gasteiger partial charge < -0.3 is 20.1 Å². The highest BCUT2D eigenvalue weighted by Crippen LogP contribution is 2.40. The Bertz CT molecular complexity index is 978. The van der Waals surface area contributed by atoms with Crippen molar-refractivity contribution in [2.75, 3.05) is 19.6 Å². The Kier molecular flexibility index (Phi) is 5.23. The lowest BCUT2D eigenvalue weighted by Crippen LogP contribution is -2.60. The lowest BCUT2D eigenvalue weighted by molar-refractivity contribution is -0.150. The number of hydrogen-bond donors (Lipinski definition) is 2. The molecule has 0 amide bonds. The molecule has 2 aliphatic rings. The minimum atomic E-state index is -0.860. The average molecular weight is 414 g/mol. The number of nitrogens with zero attached hydrogens (tertiary/aromatic N) is 2. The predicted molar refractivity (Wildman–Crippen MR) is 114 cm³/mol. The summed E-state index contributed by atoms with van der Waals surface area (Å²) >= 11 is 6.20. The van der Waals surface area contributed by atoms with E-state index in [4.69, 9.17) is 21.3 Å². The fraction of sp³-hybridized carbons (Fsp3) is 0.364. The number of carbonyl (C=O) groups is 1. The predicted octanol–water partition coefficient (Wildman–Crippen LogP) is 4.30. The maximum atomic E-state index is 12.0. The third-order valence-corrected chi connectivity index (χ3v) is 6.20. The van der Waals surface area contributed by atoms with Crippen molar-refractivity contribution in [1.82, 2.24) is 10.2 Å². The SMILES string of the molecule is CC[C@](C)(C(=O)O)[C@@H]1CN(C2=Nc3cc(Cl)ccc3Oc3ccccc32)CCN1. The first-order valence-corrected chi connectivity index (χ1v) is 10.2. The van der Waals surface area contributed by atoms with Gasteiger partial charge in [0.1, 0.15) is 17.3 Å². The minimum absolute atomic E-state index is 0.198. The minimum Gasteiger partial charge on any atom is -0.481 e.